The van der Waals surface area contributed by atoms with Crippen LogP contribution in [0.25, 0.3) is 0 Å². The van der Waals surface area contributed by atoms with Gasteiger partial charge in [-0.05, 0) is 47.4 Å². The largest absolute Gasteiger partial charge is 0.481 e. The number of carbonyl (C=O) groups is 2. The summed E-state index contributed by atoms with van der Waals surface area (Å²) in [6.07, 6.45) is 0.877. The molecule has 2 saturated heterocycles. The van der Waals surface area contributed by atoms with Crippen molar-refractivity contribution in [3.8, 4) is 0 Å². The third-order valence-corrected chi connectivity index (χ3v) is 6.47. The van der Waals surface area contributed by atoms with Gasteiger partial charge in [-0.15, -0.1) is 0 Å². The Morgan fingerprint density at radius 2 is 1.27 bits per heavy atom. The van der Waals surface area contributed by atoms with Gasteiger partial charge in [0, 0.05) is 44.1 Å². The van der Waals surface area contributed by atoms with Gasteiger partial charge in [0.2, 0.25) is 0 Å². The lowest BCUT2D eigenvalue weighted by molar-refractivity contribution is -0.147. The topological polar surface area (TPSA) is 64.1 Å². The van der Waals surface area contributed by atoms with Gasteiger partial charge in [-0.3, -0.25) is 19.5 Å². The molecule has 6 nitrogen and oxygen atoms in total. The number of nitrogens with zero attached hydrogens (tertiary/aromatic N) is 3. The fraction of sp³-hybridized carbons (Fsp3) is 0.259. The molecule has 3 aromatic rings. The maximum Gasteiger partial charge on any atom is 0.329 e. The molecule has 2 aliphatic heterocycles. The van der Waals surface area contributed by atoms with E-state index in [9.17, 15) is 9.59 Å². The molecule has 5 rings (SSSR count). The Morgan fingerprint density at radius 3 is 1.82 bits per heavy atom. The maximum atomic E-state index is 13.1. The molecule has 6 heteroatoms. The molecule has 33 heavy (non-hydrogen) atoms. The van der Waals surface area contributed by atoms with Crippen LogP contribution < -0.4 is 9.80 Å². The van der Waals surface area contributed by atoms with Gasteiger partial charge in [-0.2, -0.15) is 0 Å². The minimum Gasteiger partial charge on any atom is -0.481 e. The lowest BCUT2D eigenvalue weighted by Crippen LogP contribution is -2.49. The summed E-state index contributed by atoms with van der Waals surface area (Å²) in [5.74, 6) is -0.964. The molecule has 0 unspecified atom stereocenters. The van der Waals surface area contributed by atoms with Crippen LogP contribution in [0.5, 0.6) is 0 Å². The number of carboxylic acid groups (broad SMARTS) is 1. The number of hydrogen-bond acceptors (Lipinski definition) is 3. The standard InChI is InChI=1S/C27H27N3O3/c31-26(32)23-18-28(19-23)17-22-8-12-25(13-9-22)30-15-14-29(27(30)33)24-10-6-21(7-11-24)16-20-4-2-1-3-5-20/h1-13,23H,14-19H2,(H,31,32). The van der Waals surface area contributed by atoms with Crippen molar-refractivity contribution in [2.75, 3.05) is 36.0 Å². The zero-order chi connectivity index (χ0) is 22.8. The number of benzene rings is 3. The Morgan fingerprint density at radius 1 is 0.758 bits per heavy atom. The normalized spacial score (nSPS) is 16.8. The first-order valence-electron chi connectivity index (χ1n) is 11.3. The van der Waals surface area contributed by atoms with Crippen LogP contribution in [0.2, 0.25) is 0 Å². The van der Waals surface area contributed by atoms with Crippen molar-refractivity contribution in [2.24, 2.45) is 5.92 Å². The van der Waals surface area contributed by atoms with Crippen LogP contribution >= 0.6 is 0 Å². The summed E-state index contributed by atoms with van der Waals surface area (Å²) in [5, 5.41) is 9.01. The number of rotatable bonds is 7. The van der Waals surface area contributed by atoms with E-state index in [0.29, 0.717) is 26.2 Å². The number of amides is 2. The zero-order valence-electron chi connectivity index (χ0n) is 18.4. The van der Waals surface area contributed by atoms with Gasteiger partial charge < -0.3 is 5.11 Å². The van der Waals surface area contributed by atoms with Crippen molar-refractivity contribution >= 4 is 23.4 Å². The van der Waals surface area contributed by atoms with E-state index in [-0.39, 0.29) is 11.9 Å². The molecule has 0 aliphatic carbocycles. The maximum absolute atomic E-state index is 13.1. The molecule has 1 N–H and O–H groups in total. The highest BCUT2D eigenvalue weighted by Gasteiger charge is 2.33. The first kappa shape index (κ1) is 21.2. The molecule has 0 saturated carbocycles. The van der Waals surface area contributed by atoms with Gasteiger partial charge >= 0.3 is 12.0 Å². The van der Waals surface area contributed by atoms with E-state index in [1.807, 2.05) is 64.4 Å². The summed E-state index contributed by atoms with van der Waals surface area (Å²) in [5.41, 5.74) is 5.43. The van der Waals surface area contributed by atoms with E-state index in [1.165, 1.54) is 11.1 Å². The summed E-state index contributed by atoms with van der Waals surface area (Å²) < 4.78 is 0. The molecule has 0 aromatic heterocycles. The first-order valence-corrected chi connectivity index (χ1v) is 11.3. The number of carbonyl (C=O) groups excluding carboxylic acids is 1. The minimum absolute atomic E-state index is 0.00870. The number of urea groups is 1. The quantitative estimate of drug-likeness (QED) is 0.596. The molecule has 2 heterocycles. The first-order chi connectivity index (χ1) is 16.1. The predicted molar refractivity (Wildman–Crippen MR) is 129 cm³/mol. The Bertz CT molecular complexity index is 1120. The summed E-state index contributed by atoms with van der Waals surface area (Å²) in [4.78, 5) is 29.8. The van der Waals surface area contributed by atoms with E-state index in [4.69, 9.17) is 5.11 Å². The zero-order valence-corrected chi connectivity index (χ0v) is 18.4. The van der Waals surface area contributed by atoms with Crippen LogP contribution in [0.4, 0.5) is 16.2 Å². The summed E-state index contributed by atoms with van der Waals surface area (Å²) in [7, 11) is 0. The number of aliphatic carboxylic acids is 1. The van der Waals surface area contributed by atoms with Crippen LogP contribution in [0.1, 0.15) is 16.7 Å². The molecule has 0 atom stereocenters. The van der Waals surface area contributed by atoms with Crippen molar-refractivity contribution in [3.63, 3.8) is 0 Å². The van der Waals surface area contributed by atoms with Crippen molar-refractivity contribution in [3.05, 3.63) is 95.6 Å². The van der Waals surface area contributed by atoms with Gasteiger partial charge in [0.25, 0.3) is 0 Å². The molecule has 168 valence electrons. The van der Waals surface area contributed by atoms with Crippen LogP contribution in [0.3, 0.4) is 0 Å². The predicted octanol–water partition coefficient (Wildman–Crippen LogP) is 4.24. The van der Waals surface area contributed by atoms with Crippen molar-refractivity contribution in [1.29, 1.82) is 0 Å². The number of anilines is 2. The minimum atomic E-state index is -0.718. The van der Waals surface area contributed by atoms with Crippen molar-refractivity contribution in [2.45, 2.75) is 13.0 Å². The van der Waals surface area contributed by atoms with Crippen LogP contribution in [0.15, 0.2) is 78.9 Å². The van der Waals surface area contributed by atoms with E-state index in [1.54, 1.807) is 0 Å². The summed E-state index contributed by atoms with van der Waals surface area (Å²) >= 11 is 0. The molecule has 0 spiro atoms. The smallest absolute Gasteiger partial charge is 0.329 e. The Labute approximate surface area is 193 Å². The number of hydrogen-bond donors (Lipinski definition) is 1. The van der Waals surface area contributed by atoms with Gasteiger partial charge in [-0.1, -0.05) is 54.6 Å². The summed E-state index contributed by atoms with van der Waals surface area (Å²) in [6.45, 7) is 3.24. The Hall–Kier alpha value is -3.64. The molecular weight excluding hydrogens is 414 g/mol. The molecule has 2 fully saturated rings. The highest BCUT2D eigenvalue weighted by atomic mass is 16.4. The highest BCUT2D eigenvalue weighted by Crippen LogP contribution is 2.27. The van der Waals surface area contributed by atoms with Crippen LogP contribution in [-0.4, -0.2) is 48.2 Å². The molecule has 0 bridgehead atoms. The molecule has 2 amide bonds. The Kier molecular flexibility index (Phi) is 5.84. The van der Waals surface area contributed by atoms with Crippen molar-refractivity contribution in [1.82, 2.24) is 4.90 Å². The second kappa shape index (κ2) is 9.08. The van der Waals surface area contributed by atoms with Crippen LogP contribution in [-0.2, 0) is 17.8 Å². The average Bonchev–Trinajstić information content (AvgIpc) is 3.18. The van der Waals surface area contributed by atoms with E-state index in [2.05, 4.69) is 29.2 Å². The monoisotopic (exact) mass is 441 g/mol. The van der Waals surface area contributed by atoms with Gasteiger partial charge in [-0.25, -0.2) is 4.79 Å². The van der Waals surface area contributed by atoms with E-state index in [0.717, 1.165) is 29.9 Å². The molecule has 0 radical (unpaired) electrons. The molecule has 2 aliphatic rings. The van der Waals surface area contributed by atoms with Gasteiger partial charge in [0.1, 0.15) is 0 Å². The third-order valence-electron chi connectivity index (χ3n) is 6.47. The lowest BCUT2D eigenvalue weighted by Gasteiger charge is -2.36. The number of carboxylic acids is 1. The van der Waals surface area contributed by atoms with E-state index < -0.39 is 5.97 Å². The SMILES string of the molecule is O=C(O)C1CN(Cc2ccc(N3CCN(c4ccc(Cc5ccccc5)cc4)C3=O)cc2)C1. The average molecular weight is 442 g/mol. The van der Waals surface area contributed by atoms with Crippen molar-refractivity contribution < 1.29 is 14.7 Å². The third kappa shape index (κ3) is 4.61. The van der Waals surface area contributed by atoms with Gasteiger partial charge in [0.15, 0.2) is 0 Å². The molecular formula is C27H27N3O3. The highest BCUT2D eigenvalue weighted by molar-refractivity contribution is 6.06. The fourth-order valence-corrected chi connectivity index (χ4v) is 4.54. The number of likely N-dealkylation sites (tertiary alicyclic amines) is 1. The van der Waals surface area contributed by atoms with Gasteiger partial charge in [0.05, 0.1) is 5.92 Å². The lowest BCUT2D eigenvalue weighted by atomic mass is 9.99. The van der Waals surface area contributed by atoms with Crippen LogP contribution in [0, 0.1) is 5.92 Å². The Balaban J connectivity index is 1.19. The second-order valence-corrected chi connectivity index (χ2v) is 8.81. The second-order valence-electron chi connectivity index (χ2n) is 8.81. The summed E-state index contributed by atoms with van der Waals surface area (Å²) in [6, 6.07) is 26.6. The fourth-order valence-electron chi connectivity index (χ4n) is 4.54. The van der Waals surface area contributed by atoms with E-state index >= 15 is 0 Å². The molecule has 3 aromatic carbocycles.